The van der Waals surface area contributed by atoms with Crippen molar-refractivity contribution in [3.63, 3.8) is 0 Å². The van der Waals surface area contributed by atoms with E-state index in [1.807, 2.05) is 6.92 Å². The Balaban J connectivity index is 2.39. The molecule has 0 bridgehead atoms. The molecule has 0 saturated carbocycles. The highest BCUT2D eigenvalue weighted by Crippen LogP contribution is 1.99. The van der Waals surface area contributed by atoms with Gasteiger partial charge in [-0.3, -0.25) is 4.21 Å². The smallest absolute Gasteiger partial charge is 0.354 e. The first kappa shape index (κ1) is 13.8. The van der Waals surface area contributed by atoms with Gasteiger partial charge in [-0.25, -0.2) is 9.78 Å². The maximum Gasteiger partial charge on any atom is 0.354 e. The SMILES string of the molecule is CCS(=O)CCNCc1cccc(C(=O)O)n1. The van der Waals surface area contributed by atoms with Crippen molar-refractivity contribution < 1.29 is 14.1 Å². The standard InChI is InChI=1S/C11H16N2O3S/c1-2-17(16)7-6-12-8-9-4-3-5-10(13-9)11(14)15/h3-5,12H,2,6-8H2,1H3,(H,14,15). The molecule has 2 N–H and O–H groups in total. The average molecular weight is 256 g/mol. The second-order valence-electron chi connectivity index (χ2n) is 3.43. The molecule has 0 aliphatic carbocycles. The second kappa shape index (κ2) is 7.13. The molecule has 0 amide bonds. The van der Waals surface area contributed by atoms with Crippen LogP contribution in [0.5, 0.6) is 0 Å². The summed E-state index contributed by atoms with van der Waals surface area (Å²) in [5.74, 6) is 0.239. The molecule has 1 unspecified atom stereocenters. The third-order valence-electron chi connectivity index (χ3n) is 2.16. The van der Waals surface area contributed by atoms with Gasteiger partial charge in [0.25, 0.3) is 0 Å². The Labute approximate surface area is 103 Å². The number of aromatic nitrogens is 1. The lowest BCUT2D eigenvalue weighted by atomic mass is 10.3. The zero-order valence-corrected chi connectivity index (χ0v) is 10.5. The van der Waals surface area contributed by atoms with E-state index >= 15 is 0 Å². The van der Waals surface area contributed by atoms with Gasteiger partial charge in [-0.15, -0.1) is 0 Å². The summed E-state index contributed by atoms with van der Waals surface area (Å²) in [6.07, 6.45) is 0. The van der Waals surface area contributed by atoms with Crippen molar-refractivity contribution >= 4 is 16.8 Å². The minimum absolute atomic E-state index is 0.0430. The van der Waals surface area contributed by atoms with Crippen LogP contribution in [0.15, 0.2) is 18.2 Å². The van der Waals surface area contributed by atoms with Crippen molar-refractivity contribution in [3.05, 3.63) is 29.6 Å². The van der Waals surface area contributed by atoms with Crippen LogP contribution in [-0.4, -0.2) is 38.3 Å². The molecule has 5 nitrogen and oxygen atoms in total. The molecule has 0 radical (unpaired) electrons. The molecule has 0 aliphatic heterocycles. The van der Waals surface area contributed by atoms with Crippen LogP contribution >= 0.6 is 0 Å². The number of hydrogen-bond donors (Lipinski definition) is 2. The summed E-state index contributed by atoms with van der Waals surface area (Å²) in [6.45, 7) is 3.01. The lowest BCUT2D eigenvalue weighted by molar-refractivity contribution is 0.0690. The summed E-state index contributed by atoms with van der Waals surface area (Å²) in [6, 6.07) is 4.88. The molecule has 1 heterocycles. The van der Waals surface area contributed by atoms with Crippen LogP contribution in [-0.2, 0) is 17.3 Å². The van der Waals surface area contributed by atoms with Gasteiger partial charge in [0, 0.05) is 35.4 Å². The Morgan fingerprint density at radius 1 is 1.53 bits per heavy atom. The predicted molar refractivity (Wildman–Crippen MR) is 66.5 cm³/mol. The third-order valence-corrected chi connectivity index (χ3v) is 3.46. The molecule has 6 heteroatoms. The van der Waals surface area contributed by atoms with Crippen molar-refractivity contribution in [1.29, 1.82) is 0 Å². The monoisotopic (exact) mass is 256 g/mol. The molecular weight excluding hydrogens is 240 g/mol. The first-order valence-corrected chi connectivity index (χ1v) is 6.87. The number of nitrogens with zero attached hydrogens (tertiary/aromatic N) is 1. The fourth-order valence-corrected chi connectivity index (χ4v) is 1.90. The second-order valence-corrected chi connectivity index (χ2v) is 5.29. The van der Waals surface area contributed by atoms with Gasteiger partial charge in [-0.1, -0.05) is 13.0 Å². The summed E-state index contributed by atoms with van der Waals surface area (Å²) in [7, 11) is -0.774. The molecule has 1 aromatic rings. The molecule has 1 atom stereocenters. The Bertz CT molecular complexity index is 409. The number of hydrogen-bond acceptors (Lipinski definition) is 4. The van der Waals surface area contributed by atoms with E-state index in [9.17, 15) is 9.00 Å². The van der Waals surface area contributed by atoms with E-state index in [-0.39, 0.29) is 5.69 Å². The first-order valence-electron chi connectivity index (χ1n) is 5.38. The molecule has 0 spiro atoms. The number of nitrogens with one attached hydrogen (secondary N) is 1. The number of carboxylic acid groups (broad SMARTS) is 1. The van der Waals surface area contributed by atoms with Gasteiger partial charge in [0.2, 0.25) is 0 Å². The Hall–Kier alpha value is -1.27. The van der Waals surface area contributed by atoms with Gasteiger partial charge in [0.05, 0.1) is 5.69 Å². The summed E-state index contributed by atoms with van der Waals surface area (Å²) in [5, 5.41) is 11.8. The molecule has 1 aromatic heterocycles. The molecular formula is C11H16N2O3S. The van der Waals surface area contributed by atoms with Gasteiger partial charge >= 0.3 is 5.97 Å². The van der Waals surface area contributed by atoms with Crippen LogP contribution in [0.3, 0.4) is 0 Å². The van der Waals surface area contributed by atoms with Gasteiger partial charge < -0.3 is 10.4 Å². The highest BCUT2D eigenvalue weighted by Gasteiger charge is 2.04. The van der Waals surface area contributed by atoms with Crippen molar-refractivity contribution in [3.8, 4) is 0 Å². The number of pyridine rings is 1. The summed E-state index contributed by atoms with van der Waals surface area (Å²) < 4.78 is 11.1. The van der Waals surface area contributed by atoms with Crippen LogP contribution < -0.4 is 5.32 Å². The fourth-order valence-electron chi connectivity index (χ4n) is 1.24. The number of carbonyl (C=O) groups is 1. The third kappa shape index (κ3) is 5.06. The highest BCUT2D eigenvalue weighted by atomic mass is 32.2. The first-order chi connectivity index (χ1) is 8.13. The van der Waals surface area contributed by atoms with E-state index < -0.39 is 16.8 Å². The highest BCUT2D eigenvalue weighted by molar-refractivity contribution is 7.84. The number of carboxylic acids is 1. The number of aromatic carboxylic acids is 1. The van der Waals surface area contributed by atoms with Crippen molar-refractivity contribution in [2.45, 2.75) is 13.5 Å². The Kier molecular flexibility index (Phi) is 5.79. The van der Waals surface area contributed by atoms with E-state index in [0.717, 1.165) is 0 Å². The Morgan fingerprint density at radius 2 is 2.29 bits per heavy atom. The molecule has 0 saturated heterocycles. The minimum atomic E-state index is -1.03. The van der Waals surface area contributed by atoms with E-state index in [2.05, 4.69) is 10.3 Å². The normalized spacial score (nSPS) is 12.3. The maximum atomic E-state index is 11.1. The minimum Gasteiger partial charge on any atom is -0.477 e. The number of rotatable bonds is 7. The van der Waals surface area contributed by atoms with Crippen molar-refractivity contribution in [2.75, 3.05) is 18.1 Å². The Morgan fingerprint density at radius 3 is 2.94 bits per heavy atom. The zero-order valence-electron chi connectivity index (χ0n) is 9.68. The summed E-state index contributed by atoms with van der Waals surface area (Å²) in [4.78, 5) is 14.7. The van der Waals surface area contributed by atoms with Crippen LogP contribution in [0.4, 0.5) is 0 Å². The van der Waals surface area contributed by atoms with E-state index in [1.165, 1.54) is 6.07 Å². The van der Waals surface area contributed by atoms with Crippen LogP contribution in [0.1, 0.15) is 23.1 Å². The summed E-state index contributed by atoms with van der Waals surface area (Å²) in [5.41, 5.74) is 0.716. The molecule has 94 valence electrons. The van der Waals surface area contributed by atoms with Crippen molar-refractivity contribution in [1.82, 2.24) is 10.3 Å². The zero-order chi connectivity index (χ0) is 12.7. The van der Waals surface area contributed by atoms with Crippen LogP contribution in [0.25, 0.3) is 0 Å². The summed E-state index contributed by atoms with van der Waals surface area (Å²) >= 11 is 0. The van der Waals surface area contributed by atoms with Gasteiger partial charge in [-0.2, -0.15) is 0 Å². The molecule has 0 fully saturated rings. The lowest BCUT2D eigenvalue weighted by Crippen LogP contribution is -2.21. The van der Waals surface area contributed by atoms with Crippen molar-refractivity contribution in [2.24, 2.45) is 0 Å². The maximum absolute atomic E-state index is 11.1. The molecule has 1 rings (SSSR count). The molecule has 17 heavy (non-hydrogen) atoms. The van der Waals surface area contributed by atoms with E-state index in [4.69, 9.17) is 5.11 Å². The fraction of sp³-hybridized carbons (Fsp3) is 0.455. The lowest BCUT2D eigenvalue weighted by Gasteiger charge is -2.04. The van der Waals surface area contributed by atoms with E-state index in [1.54, 1.807) is 12.1 Å². The van der Waals surface area contributed by atoms with Crippen LogP contribution in [0, 0.1) is 0 Å². The molecule has 0 aromatic carbocycles. The predicted octanol–water partition coefficient (Wildman–Crippen LogP) is 0.638. The van der Waals surface area contributed by atoms with Gasteiger partial charge in [0.1, 0.15) is 5.69 Å². The van der Waals surface area contributed by atoms with Gasteiger partial charge in [0.15, 0.2) is 0 Å². The topological polar surface area (TPSA) is 79.3 Å². The average Bonchev–Trinajstić information content (AvgIpc) is 2.34. The quantitative estimate of drug-likeness (QED) is 0.700. The molecule has 0 aliphatic rings. The largest absolute Gasteiger partial charge is 0.477 e. The van der Waals surface area contributed by atoms with Gasteiger partial charge in [-0.05, 0) is 12.1 Å². The van der Waals surface area contributed by atoms with Crippen LogP contribution in [0.2, 0.25) is 0 Å². The van der Waals surface area contributed by atoms with E-state index in [0.29, 0.717) is 30.3 Å².